The summed E-state index contributed by atoms with van der Waals surface area (Å²) in [6.07, 6.45) is -4.90. The molecule has 0 aromatic heterocycles. The van der Waals surface area contributed by atoms with Crippen molar-refractivity contribution in [3.8, 4) is 5.75 Å². The van der Waals surface area contributed by atoms with Crippen LogP contribution in [0.1, 0.15) is 33.6 Å². The van der Waals surface area contributed by atoms with Crippen molar-refractivity contribution < 1.29 is 70.4 Å². The molecule has 2 heterocycles. The Bertz CT molecular complexity index is 1300. The first-order valence-electron chi connectivity index (χ1n) is 15.0. The molecule has 0 spiro atoms. The highest BCUT2D eigenvalue weighted by atomic mass is 19.4. The number of carbonyl (C=O) groups excluding carboxylic acids is 6. The van der Waals surface area contributed by atoms with Crippen LogP contribution in [0.5, 0.6) is 5.75 Å². The van der Waals surface area contributed by atoms with Crippen LogP contribution < -0.4 is 20.7 Å². The zero-order chi connectivity index (χ0) is 34.9. The number of nitrogens with zero attached hydrogens (tertiary/aromatic N) is 1. The van der Waals surface area contributed by atoms with Crippen molar-refractivity contribution >= 4 is 35.4 Å². The Morgan fingerprint density at radius 3 is 1.88 bits per heavy atom. The number of halogens is 3. The number of nitrogens with one attached hydrogen (secondary N) is 3. The third-order valence-corrected chi connectivity index (χ3v) is 6.63. The summed E-state index contributed by atoms with van der Waals surface area (Å²) in [4.78, 5) is 73.3. The van der Waals surface area contributed by atoms with Crippen LogP contribution in [0, 0.1) is 0 Å². The van der Waals surface area contributed by atoms with E-state index in [-0.39, 0.29) is 82.4 Å². The van der Waals surface area contributed by atoms with Gasteiger partial charge in [-0.3, -0.25) is 39.0 Å². The first kappa shape index (κ1) is 38.3. The largest absolute Gasteiger partial charge is 0.483 e. The first-order chi connectivity index (χ1) is 23.0. The van der Waals surface area contributed by atoms with Crippen LogP contribution >= 0.6 is 0 Å². The fourth-order valence-electron chi connectivity index (χ4n) is 4.38. The number of rotatable bonds is 22. The maximum atomic E-state index is 13.1. The highest BCUT2D eigenvalue weighted by Gasteiger charge is 2.46. The Labute approximate surface area is 272 Å². The van der Waals surface area contributed by atoms with Crippen LogP contribution in [-0.2, 0) is 42.9 Å². The number of piperidine rings is 1. The molecule has 1 aromatic rings. The third kappa shape index (κ3) is 12.1. The summed E-state index contributed by atoms with van der Waals surface area (Å²) in [7, 11) is 0. The second-order valence-corrected chi connectivity index (χ2v) is 10.1. The Morgan fingerprint density at radius 1 is 0.792 bits per heavy atom. The summed E-state index contributed by atoms with van der Waals surface area (Å²) < 4.78 is 67.9. The van der Waals surface area contributed by atoms with Crippen LogP contribution in [0.4, 0.5) is 13.2 Å². The number of amides is 6. The molecule has 48 heavy (non-hydrogen) atoms. The smallest absolute Gasteiger partial charge is 0.471 e. The van der Waals surface area contributed by atoms with Crippen molar-refractivity contribution in [3.05, 3.63) is 29.3 Å². The standard InChI is InChI=1S/C29H37F3N4O12/c30-29(31,32)28(42)34-7-9-44-11-13-46-15-17-47-16-14-45-12-10-43-8-6-33-23(38)18-48-21-3-1-2-19-24(21)27(41)36(26(19)40)20-4-5-22(37)35-25(20)39/h1-3,20H,4-18H2,(H,33,38)(H,34,42)(H,35,37,39). The minimum absolute atomic E-state index is 0.00580. The molecular weight excluding hydrogens is 653 g/mol. The van der Waals surface area contributed by atoms with Gasteiger partial charge in [-0.05, 0) is 18.6 Å². The Kier molecular flexibility index (Phi) is 15.6. The molecular formula is C29H37F3N4O12. The molecule has 16 nitrogen and oxygen atoms in total. The van der Waals surface area contributed by atoms with Gasteiger partial charge in [-0.2, -0.15) is 13.2 Å². The van der Waals surface area contributed by atoms with Crippen LogP contribution in [0.15, 0.2) is 18.2 Å². The number of alkyl halides is 3. The Morgan fingerprint density at radius 2 is 1.33 bits per heavy atom. The predicted molar refractivity (Wildman–Crippen MR) is 155 cm³/mol. The fraction of sp³-hybridized carbons (Fsp3) is 0.586. The topological polar surface area (TPSA) is 197 Å². The van der Waals surface area contributed by atoms with Crippen molar-refractivity contribution in [1.82, 2.24) is 20.9 Å². The molecule has 0 bridgehead atoms. The maximum Gasteiger partial charge on any atom is 0.471 e. The highest BCUT2D eigenvalue weighted by Crippen LogP contribution is 2.33. The molecule has 1 atom stereocenters. The van der Waals surface area contributed by atoms with Gasteiger partial charge in [0.25, 0.3) is 17.7 Å². The van der Waals surface area contributed by atoms with Gasteiger partial charge >= 0.3 is 12.1 Å². The molecule has 2 aliphatic rings. The summed E-state index contributed by atoms with van der Waals surface area (Å²) in [5, 5.41) is 6.42. The second-order valence-electron chi connectivity index (χ2n) is 10.1. The Balaban J connectivity index is 1.15. The fourth-order valence-corrected chi connectivity index (χ4v) is 4.38. The van der Waals surface area contributed by atoms with Gasteiger partial charge in [-0.25, -0.2) is 0 Å². The maximum absolute atomic E-state index is 13.1. The molecule has 1 fully saturated rings. The minimum Gasteiger partial charge on any atom is -0.483 e. The molecule has 19 heteroatoms. The van der Waals surface area contributed by atoms with Gasteiger partial charge in [0.2, 0.25) is 11.8 Å². The highest BCUT2D eigenvalue weighted by molar-refractivity contribution is 6.24. The average molecular weight is 691 g/mol. The molecule has 1 saturated heterocycles. The molecule has 266 valence electrons. The average Bonchev–Trinajstić information content (AvgIpc) is 3.30. The third-order valence-electron chi connectivity index (χ3n) is 6.63. The molecule has 6 amide bonds. The van der Waals surface area contributed by atoms with Crippen molar-refractivity contribution in [2.24, 2.45) is 0 Å². The number of hydrogen-bond acceptors (Lipinski definition) is 12. The van der Waals surface area contributed by atoms with E-state index in [1.54, 1.807) is 5.32 Å². The normalized spacial score (nSPS) is 16.1. The van der Waals surface area contributed by atoms with E-state index in [0.29, 0.717) is 26.4 Å². The van der Waals surface area contributed by atoms with Gasteiger partial charge in [-0.15, -0.1) is 0 Å². The Hall–Kier alpha value is -4.17. The number of benzene rings is 1. The second kappa shape index (κ2) is 19.6. The zero-order valence-electron chi connectivity index (χ0n) is 25.9. The van der Waals surface area contributed by atoms with Gasteiger partial charge in [0.1, 0.15) is 11.8 Å². The molecule has 1 unspecified atom stereocenters. The summed E-state index contributed by atoms with van der Waals surface area (Å²) in [6.45, 7) is 1.73. The summed E-state index contributed by atoms with van der Waals surface area (Å²) in [5.41, 5.74) is -0.0128. The lowest BCUT2D eigenvalue weighted by Crippen LogP contribution is -2.54. The molecule has 0 saturated carbocycles. The van der Waals surface area contributed by atoms with Gasteiger partial charge < -0.3 is 39.1 Å². The van der Waals surface area contributed by atoms with E-state index in [4.69, 9.17) is 28.4 Å². The summed E-state index contributed by atoms with van der Waals surface area (Å²) in [6, 6.07) is 3.24. The lowest BCUT2D eigenvalue weighted by Gasteiger charge is -2.27. The SMILES string of the molecule is O=C(COc1cccc2c1C(=O)N(C1CCC(=O)NC1=O)C2=O)NCCOCCOCCOCCOCCOCCNC(=O)C(F)(F)F. The molecule has 1 aromatic carbocycles. The minimum atomic E-state index is -4.92. The van der Waals surface area contributed by atoms with E-state index in [1.165, 1.54) is 18.2 Å². The van der Waals surface area contributed by atoms with E-state index in [0.717, 1.165) is 4.90 Å². The van der Waals surface area contributed by atoms with Gasteiger partial charge in [-0.1, -0.05) is 6.07 Å². The number of hydrogen-bond donors (Lipinski definition) is 3. The number of ether oxygens (including phenoxy) is 6. The lowest BCUT2D eigenvalue weighted by atomic mass is 10.0. The van der Waals surface area contributed by atoms with E-state index in [1.807, 2.05) is 0 Å². The van der Waals surface area contributed by atoms with Crippen molar-refractivity contribution in [2.45, 2.75) is 25.1 Å². The lowest BCUT2D eigenvalue weighted by molar-refractivity contribution is -0.173. The zero-order valence-corrected chi connectivity index (χ0v) is 25.9. The monoisotopic (exact) mass is 690 g/mol. The molecule has 0 aliphatic carbocycles. The van der Waals surface area contributed by atoms with Crippen LogP contribution in [-0.4, -0.2) is 138 Å². The quantitative estimate of drug-likeness (QED) is 0.103. The van der Waals surface area contributed by atoms with Gasteiger partial charge in [0, 0.05) is 19.5 Å². The van der Waals surface area contributed by atoms with Crippen LogP contribution in [0.3, 0.4) is 0 Å². The van der Waals surface area contributed by atoms with E-state index in [2.05, 4.69) is 10.6 Å². The predicted octanol–water partition coefficient (Wildman–Crippen LogP) is -0.656. The molecule has 2 aliphatic heterocycles. The summed E-state index contributed by atoms with van der Waals surface area (Å²) >= 11 is 0. The molecule has 0 radical (unpaired) electrons. The first-order valence-corrected chi connectivity index (χ1v) is 15.0. The van der Waals surface area contributed by atoms with E-state index in [9.17, 15) is 41.9 Å². The van der Waals surface area contributed by atoms with Crippen LogP contribution in [0.2, 0.25) is 0 Å². The number of carbonyl (C=O) groups is 6. The number of fused-ring (bicyclic) bond motifs is 1. The van der Waals surface area contributed by atoms with Gasteiger partial charge in [0.05, 0.1) is 77.2 Å². The number of imide groups is 2. The van der Waals surface area contributed by atoms with E-state index < -0.39 is 54.3 Å². The summed E-state index contributed by atoms with van der Waals surface area (Å²) in [5.74, 6) is -5.11. The molecule has 3 rings (SSSR count). The van der Waals surface area contributed by atoms with Crippen LogP contribution in [0.25, 0.3) is 0 Å². The van der Waals surface area contributed by atoms with Gasteiger partial charge in [0.15, 0.2) is 6.61 Å². The van der Waals surface area contributed by atoms with Crippen molar-refractivity contribution in [2.75, 3.05) is 85.8 Å². The van der Waals surface area contributed by atoms with Crippen molar-refractivity contribution in [1.29, 1.82) is 0 Å². The van der Waals surface area contributed by atoms with Crippen molar-refractivity contribution in [3.63, 3.8) is 0 Å². The molecule has 3 N–H and O–H groups in total. The van der Waals surface area contributed by atoms with E-state index >= 15 is 0 Å².